The second kappa shape index (κ2) is 5.07. The minimum absolute atomic E-state index is 0.0435. The number of hydrogen-bond acceptors (Lipinski definition) is 2. The highest BCUT2D eigenvalue weighted by Gasteiger charge is 2.36. The van der Waals surface area contributed by atoms with Crippen LogP contribution in [0, 0.1) is 5.92 Å². The van der Waals surface area contributed by atoms with Gasteiger partial charge in [-0.15, -0.1) is 11.6 Å². The molecule has 2 N–H and O–H groups in total. The van der Waals surface area contributed by atoms with Gasteiger partial charge in [0.15, 0.2) is 0 Å². The van der Waals surface area contributed by atoms with E-state index in [1.165, 1.54) is 0 Å². The number of allylic oxidation sites excluding steroid dienone is 4. The molecule has 3 atom stereocenters. The summed E-state index contributed by atoms with van der Waals surface area (Å²) in [7, 11) is 0. The zero-order valence-corrected chi connectivity index (χ0v) is 10.9. The van der Waals surface area contributed by atoms with Gasteiger partial charge in [0.1, 0.15) is 0 Å². The van der Waals surface area contributed by atoms with Crippen molar-refractivity contribution in [2.75, 3.05) is 0 Å². The molecule has 0 amide bonds. The van der Waals surface area contributed by atoms with Crippen molar-refractivity contribution in [3.8, 4) is 0 Å². The van der Waals surface area contributed by atoms with E-state index in [4.69, 9.17) is 40.0 Å². The van der Waals surface area contributed by atoms with Crippen molar-refractivity contribution in [2.45, 2.75) is 31.2 Å². The van der Waals surface area contributed by atoms with E-state index in [1.807, 2.05) is 13.8 Å². The molecule has 86 valence electrons. The Kier molecular flexibility index (Phi) is 4.50. The predicted octanol–water partition coefficient (Wildman–Crippen LogP) is 3.62. The van der Waals surface area contributed by atoms with E-state index in [0.29, 0.717) is 16.5 Å². The molecule has 3 unspecified atom stereocenters. The molecule has 1 rings (SSSR count). The summed E-state index contributed by atoms with van der Waals surface area (Å²) in [6, 6.07) is -0.0690. The molecule has 5 heteroatoms. The van der Waals surface area contributed by atoms with Gasteiger partial charge in [0.2, 0.25) is 0 Å². The van der Waals surface area contributed by atoms with Crippen LogP contribution in [0.4, 0.5) is 0 Å². The van der Waals surface area contributed by atoms with Crippen LogP contribution in [0.2, 0.25) is 0 Å². The zero-order valence-electron chi connectivity index (χ0n) is 8.60. The van der Waals surface area contributed by atoms with Gasteiger partial charge in [0, 0.05) is 22.0 Å². The van der Waals surface area contributed by atoms with Crippen molar-refractivity contribution in [3.05, 3.63) is 22.2 Å². The van der Waals surface area contributed by atoms with Crippen molar-refractivity contribution >= 4 is 34.8 Å². The standard InChI is InChI=1S/C10H14Cl3NO/c1-6(14-15)3-8-9(12)4-7(11)5-10(8,2)13/h4-6,8,14-15H,3H2,1-2H3. The maximum atomic E-state index is 8.78. The Hall–Kier alpha value is 0.270. The molecule has 0 aromatic rings. The molecule has 1 aliphatic carbocycles. The van der Waals surface area contributed by atoms with E-state index in [9.17, 15) is 0 Å². The average Bonchev–Trinajstić information content (AvgIpc) is 2.09. The molecule has 0 aliphatic heterocycles. The van der Waals surface area contributed by atoms with E-state index in [0.717, 1.165) is 0 Å². The lowest BCUT2D eigenvalue weighted by Gasteiger charge is -2.33. The van der Waals surface area contributed by atoms with Gasteiger partial charge < -0.3 is 5.21 Å². The van der Waals surface area contributed by atoms with Gasteiger partial charge in [0.25, 0.3) is 0 Å². The summed E-state index contributed by atoms with van der Waals surface area (Å²) in [6.45, 7) is 3.72. The van der Waals surface area contributed by atoms with Crippen LogP contribution in [-0.2, 0) is 0 Å². The number of hydroxylamine groups is 1. The molecular weight excluding hydrogens is 256 g/mol. The molecule has 0 saturated carbocycles. The van der Waals surface area contributed by atoms with Gasteiger partial charge in [-0.2, -0.15) is 0 Å². The molecule has 0 radical (unpaired) electrons. The Bertz CT molecular complexity index is 299. The maximum Gasteiger partial charge on any atom is 0.0692 e. The molecule has 0 saturated heterocycles. The number of rotatable bonds is 3. The van der Waals surface area contributed by atoms with Crippen LogP contribution in [0.3, 0.4) is 0 Å². The fourth-order valence-electron chi connectivity index (χ4n) is 1.66. The molecule has 0 fully saturated rings. The molecular formula is C10H14Cl3NO. The van der Waals surface area contributed by atoms with Crippen molar-refractivity contribution in [2.24, 2.45) is 5.92 Å². The predicted molar refractivity (Wildman–Crippen MR) is 64.6 cm³/mol. The van der Waals surface area contributed by atoms with E-state index >= 15 is 0 Å². The van der Waals surface area contributed by atoms with E-state index < -0.39 is 4.87 Å². The molecule has 1 aliphatic rings. The van der Waals surface area contributed by atoms with Crippen LogP contribution in [-0.4, -0.2) is 16.1 Å². The highest BCUT2D eigenvalue weighted by Crippen LogP contribution is 2.42. The first kappa shape index (κ1) is 13.3. The molecule has 15 heavy (non-hydrogen) atoms. The minimum Gasteiger partial charge on any atom is -0.317 e. The quantitative estimate of drug-likeness (QED) is 0.606. The molecule has 0 spiro atoms. The number of halogens is 3. The molecule has 0 aromatic carbocycles. The Morgan fingerprint density at radius 2 is 2.20 bits per heavy atom. The van der Waals surface area contributed by atoms with Crippen molar-refractivity contribution in [1.82, 2.24) is 5.48 Å². The lowest BCUT2D eigenvalue weighted by atomic mass is 9.84. The maximum absolute atomic E-state index is 8.78. The second-order valence-electron chi connectivity index (χ2n) is 4.03. The summed E-state index contributed by atoms with van der Waals surface area (Å²) in [4.78, 5) is -0.603. The number of hydrogen-bond donors (Lipinski definition) is 2. The highest BCUT2D eigenvalue weighted by molar-refractivity contribution is 6.37. The highest BCUT2D eigenvalue weighted by atomic mass is 35.5. The van der Waals surface area contributed by atoms with Crippen molar-refractivity contribution in [3.63, 3.8) is 0 Å². The Morgan fingerprint density at radius 3 is 2.67 bits per heavy atom. The summed E-state index contributed by atoms with van der Waals surface area (Å²) in [6.07, 6.45) is 4.12. The topological polar surface area (TPSA) is 32.3 Å². The van der Waals surface area contributed by atoms with Gasteiger partial charge in [0.05, 0.1) is 4.87 Å². The molecule has 0 heterocycles. The van der Waals surface area contributed by atoms with Crippen LogP contribution >= 0.6 is 34.8 Å². The van der Waals surface area contributed by atoms with Gasteiger partial charge in [-0.1, -0.05) is 23.2 Å². The van der Waals surface area contributed by atoms with Crippen molar-refractivity contribution < 1.29 is 5.21 Å². The average molecular weight is 271 g/mol. The van der Waals surface area contributed by atoms with Crippen LogP contribution in [0.25, 0.3) is 0 Å². The lowest BCUT2D eigenvalue weighted by Crippen LogP contribution is -2.35. The van der Waals surface area contributed by atoms with E-state index in [1.54, 1.807) is 12.2 Å². The fourth-order valence-corrected chi connectivity index (χ4v) is 2.93. The van der Waals surface area contributed by atoms with Crippen LogP contribution in [0.1, 0.15) is 20.3 Å². The molecule has 0 bridgehead atoms. The monoisotopic (exact) mass is 269 g/mol. The van der Waals surface area contributed by atoms with Crippen LogP contribution < -0.4 is 5.48 Å². The normalized spacial score (nSPS) is 33.3. The Morgan fingerprint density at radius 1 is 1.60 bits per heavy atom. The Balaban J connectivity index is 2.84. The third-order valence-corrected chi connectivity index (χ3v) is 3.48. The Labute approximate surface area is 105 Å². The third-order valence-electron chi connectivity index (χ3n) is 2.52. The van der Waals surface area contributed by atoms with E-state index in [2.05, 4.69) is 5.48 Å². The summed E-state index contributed by atoms with van der Waals surface area (Å²) in [5.41, 5.74) is 2.18. The first-order valence-electron chi connectivity index (χ1n) is 4.71. The molecule has 2 nitrogen and oxygen atoms in total. The van der Waals surface area contributed by atoms with Gasteiger partial charge in [-0.05, 0) is 32.4 Å². The third kappa shape index (κ3) is 3.36. The summed E-state index contributed by atoms with van der Waals surface area (Å²) >= 11 is 18.3. The number of alkyl halides is 1. The second-order valence-corrected chi connectivity index (χ2v) is 5.72. The molecule has 0 aromatic heterocycles. The summed E-state index contributed by atoms with van der Waals surface area (Å²) < 4.78 is 0. The first-order valence-corrected chi connectivity index (χ1v) is 5.84. The SMILES string of the molecule is CC(CC1C(Cl)=CC(Cl)=CC1(C)Cl)NO. The first-order chi connectivity index (χ1) is 6.86. The summed E-state index contributed by atoms with van der Waals surface area (Å²) in [5.74, 6) is -0.0435. The zero-order chi connectivity index (χ0) is 11.6. The van der Waals surface area contributed by atoms with Gasteiger partial charge in [-0.3, -0.25) is 0 Å². The van der Waals surface area contributed by atoms with Crippen LogP contribution in [0.5, 0.6) is 0 Å². The smallest absolute Gasteiger partial charge is 0.0692 e. The van der Waals surface area contributed by atoms with Gasteiger partial charge in [-0.25, -0.2) is 5.48 Å². The van der Waals surface area contributed by atoms with E-state index in [-0.39, 0.29) is 12.0 Å². The van der Waals surface area contributed by atoms with Crippen molar-refractivity contribution in [1.29, 1.82) is 0 Å². The minimum atomic E-state index is -0.603. The number of nitrogens with one attached hydrogen (secondary N) is 1. The lowest BCUT2D eigenvalue weighted by molar-refractivity contribution is 0.121. The largest absolute Gasteiger partial charge is 0.317 e. The van der Waals surface area contributed by atoms with Gasteiger partial charge >= 0.3 is 0 Å². The van der Waals surface area contributed by atoms with Crippen LogP contribution in [0.15, 0.2) is 22.2 Å². The summed E-state index contributed by atoms with van der Waals surface area (Å²) in [5, 5.41) is 9.96. The fraction of sp³-hybridized carbons (Fsp3) is 0.600.